The van der Waals surface area contributed by atoms with E-state index in [1.165, 1.54) is 16.7 Å². The van der Waals surface area contributed by atoms with Crippen molar-refractivity contribution in [1.82, 2.24) is 4.57 Å². The molecule has 21 heavy (non-hydrogen) atoms. The number of hydrogen-bond donors (Lipinski definition) is 0. The summed E-state index contributed by atoms with van der Waals surface area (Å²) in [5.41, 5.74) is 3.09. The smallest absolute Gasteiger partial charge is 0.408 e. The van der Waals surface area contributed by atoms with Gasteiger partial charge in [-0.1, -0.05) is 44.0 Å². The van der Waals surface area contributed by atoms with Gasteiger partial charge in [0.2, 0.25) is 0 Å². The van der Waals surface area contributed by atoms with E-state index in [0.29, 0.717) is 10.1 Å². The first kappa shape index (κ1) is 14.5. The zero-order valence-corrected chi connectivity index (χ0v) is 14.1. The quantitative estimate of drug-likeness (QED) is 0.578. The fraction of sp³-hybridized carbons (Fsp3) is 0.133. The molecule has 0 saturated heterocycles. The minimum Gasteiger partial charge on any atom is -0.408 e. The summed E-state index contributed by atoms with van der Waals surface area (Å²) >= 11 is 6.96. The molecule has 0 saturated carbocycles. The summed E-state index contributed by atoms with van der Waals surface area (Å²) in [6.07, 6.45) is 0. The number of halogens is 3. The molecule has 2 aromatic carbocycles. The van der Waals surface area contributed by atoms with E-state index in [9.17, 15) is 9.18 Å². The van der Waals surface area contributed by atoms with Gasteiger partial charge >= 0.3 is 5.76 Å². The van der Waals surface area contributed by atoms with Crippen molar-refractivity contribution in [2.24, 2.45) is 7.05 Å². The van der Waals surface area contributed by atoms with E-state index in [0.717, 1.165) is 16.6 Å². The lowest BCUT2D eigenvalue weighted by Crippen LogP contribution is -2.08. The van der Waals surface area contributed by atoms with Crippen LogP contribution in [0.5, 0.6) is 0 Å². The van der Waals surface area contributed by atoms with Gasteiger partial charge in [-0.05, 0) is 35.4 Å². The summed E-state index contributed by atoms with van der Waals surface area (Å²) in [5.74, 6) is -0.689. The van der Waals surface area contributed by atoms with Gasteiger partial charge in [0.1, 0.15) is 5.82 Å². The van der Waals surface area contributed by atoms with Crippen LogP contribution in [-0.2, 0) is 7.05 Å². The molecule has 6 heteroatoms. The van der Waals surface area contributed by atoms with Crippen molar-refractivity contribution in [2.45, 2.75) is 4.83 Å². The molecule has 1 atom stereocenters. The summed E-state index contributed by atoms with van der Waals surface area (Å²) in [4.78, 5) is 11.4. The maximum atomic E-state index is 13.2. The van der Waals surface area contributed by atoms with Gasteiger partial charge in [0.15, 0.2) is 5.58 Å². The number of aryl methyl sites for hydroxylation is 1. The Kier molecular flexibility index (Phi) is 3.75. The number of fused-ring (bicyclic) bond motifs is 1. The third-order valence-electron chi connectivity index (χ3n) is 3.34. The first-order valence-electron chi connectivity index (χ1n) is 6.16. The van der Waals surface area contributed by atoms with Crippen LogP contribution in [0.15, 0.2) is 50.1 Å². The molecule has 0 fully saturated rings. The van der Waals surface area contributed by atoms with Crippen molar-refractivity contribution in [2.75, 3.05) is 0 Å². The first-order chi connectivity index (χ1) is 9.97. The van der Waals surface area contributed by atoms with Crippen LogP contribution in [0, 0.1) is 5.82 Å². The fourth-order valence-electron chi connectivity index (χ4n) is 2.19. The molecule has 0 amide bonds. The molecule has 0 aliphatic carbocycles. The molecule has 108 valence electrons. The standard InChI is InChI=1S/C15H10Br2FNO2/c1-19-12-5-2-8(6-13(12)21-15(19)20)14(17)10-4-3-9(18)7-11(10)16/h2-7,14H,1H3. The molecule has 3 nitrogen and oxygen atoms in total. The van der Waals surface area contributed by atoms with Gasteiger partial charge in [0.25, 0.3) is 0 Å². The zero-order chi connectivity index (χ0) is 15.1. The highest BCUT2D eigenvalue weighted by atomic mass is 79.9. The van der Waals surface area contributed by atoms with E-state index < -0.39 is 5.76 Å². The molecule has 0 spiro atoms. The number of hydrogen-bond acceptors (Lipinski definition) is 2. The van der Waals surface area contributed by atoms with Gasteiger partial charge in [0.05, 0.1) is 10.3 Å². The maximum absolute atomic E-state index is 13.2. The highest BCUT2D eigenvalue weighted by Crippen LogP contribution is 2.36. The Morgan fingerprint density at radius 2 is 2.00 bits per heavy atom. The van der Waals surface area contributed by atoms with Crippen LogP contribution in [0.4, 0.5) is 4.39 Å². The lowest BCUT2D eigenvalue weighted by Gasteiger charge is -2.12. The largest absolute Gasteiger partial charge is 0.419 e. The SMILES string of the molecule is Cn1c(=O)oc2cc(C(Br)c3ccc(F)cc3Br)ccc21. The number of nitrogens with zero attached hydrogens (tertiary/aromatic N) is 1. The molecule has 1 unspecified atom stereocenters. The van der Waals surface area contributed by atoms with E-state index in [1.54, 1.807) is 13.1 Å². The van der Waals surface area contributed by atoms with Crippen LogP contribution in [0.1, 0.15) is 16.0 Å². The zero-order valence-electron chi connectivity index (χ0n) is 10.9. The monoisotopic (exact) mass is 413 g/mol. The first-order valence-corrected chi connectivity index (χ1v) is 7.87. The van der Waals surface area contributed by atoms with Crippen LogP contribution < -0.4 is 5.76 Å². The molecule has 1 aromatic heterocycles. The Labute approximate surface area is 136 Å². The van der Waals surface area contributed by atoms with Gasteiger partial charge in [-0.25, -0.2) is 9.18 Å². The van der Waals surface area contributed by atoms with Crippen LogP contribution in [0.3, 0.4) is 0 Å². The molecule has 0 radical (unpaired) electrons. The molecule has 0 aliphatic rings. The van der Waals surface area contributed by atoms with E-state index in [1.807, 2.05) is 18.2 Å². The third-order valence-corrected chi connectivity index (χ3v) is 5.05. The molecule has 3 aromatic rings. The summed E-state index contributed by atoms with van der Waals surface area (Å²) in [6, 6.07) is 10.1. The van der Waals surface area contributed by atoms with Crippen LogP contribution in [0.25, 0.3) is 11.1 Å². The number of rotatable bonds is 2. The molecule has 0 N–H and O–H groups in total. The van der Waals surface area contributed by atoms with Crippen LogP contribution in [0.2, 0.25) is 0 Å². The summed E-state index contributed by atoms with van der Waals surface area (Å²) in [5, 5.41) is 0. The molecule has 1 heterocycles. The van der Waals surface area contributed by atoms with Gasteiger partial charge in [-0.15, -0.1) is 0 Å². The van der Waals surface area contributed by atoms with Crippen molar-refractivity contribution in [1.29, 1.82) is 0 Å². The van der Waals surface area contributed by atoms with E-state index >= 15 is 0 Å². The Bertz CT molecular complexity index is 885. The molecular weight excluding hydrogens is 405 g/mol. The lowest BCUT2D eigenvalue weighted by molar-refractivity contribution is 0.528. The van der Waals surface area contributed by atoms with E-state index in [-0.39, 0.29) is 10.6 Å². The second kappa shape index (κ2) is 5.42. The molecule has 0 aliphatic heterocycles. The average molecular weight is 415 g/mol. The van der Waals surface area contributed by atoms with E-state index in [4.69, 9.17) is 4.42 Å². The molecule has 0 bridgehead atoms. The Balaban J connectivity index is 2.09. The topological polar surface area (TPSA) is 35.1 Å². The summed E-state index contributed by atoms with van der Waals surface area (Å²) < 4.78 is 20.5. The normalized spacial score (nSPS) is 12.8. The fourth-order valence-corrected chi connectivity index (χ4v) is 3.77. The second-order valence-electron chi connectivity index (χ2n) is 4.68. The van der Waals surface area contributed by atoms with Gasteiger partial charge in [0, 0.05) is 11.5 Å². The Morgan fingerprint density at radius 3 is 2.71 bits per heavy atom. The number of aromatic nitrogens is 1. The second-order valence-corrected chi connectivity index (χ2v) is 6.45. The highest BCUT2D eigenvalue weighted by molar-refractivity contribution is 9.11. The number of oxazole rings is 1. The predicted molar refractivity (Wildman–Crippen MR) is 86.3 cm³/mol. The van der Waals surface area contributed by atoms with Gasteiger partial charge < -0.3 is 4.42 Å². The van der Waals surface area contributed by atoms with Gasteiger partial charge in [-0.2, -0.15) is 0 Å². The minimum absolute atomic E-state index is 0.137. The number of alkyl halides is 1. The number of benzene rings is 2. The Morgan fingerprint density at radius 1 is 1.24 bits per heavy atom. The van der Waals surface area contributed by atoms with Crippen molar-refractivity contribution < 1.29 is 8.81 Å². The summed E-state index contributed by atoms with van der Waals surface area (Å²) in [6.45, 7) is 0. The van der Waals surface area contributed by atoms with E-state index in [2.05, 4.69) is 31.9 Å². The molecular formula is C15H10Br2FNO2. The highest BCUT2D eigenvalue weighted by Gasteiger charge is 2.16. The maximum Gasteiger partial charge on any atom is 0.419 e. The minimum atomic E-state index is -0.392. The molecule has 3 rings (SSSR count). The lowest BCUT2D eigenvalue weighted by atomic mass is 10.0. The van der Waals surface area contributed by atoms with Crippen molar-refractivity contribution in [3.63, 3.8) is 0 Å². The van der Waals surface area contributed by atoms with Gasteiger partial charge in [-0.3, -0.25) is 4.57 Å². The van der Waals surface area contributed by atoms with Crippen LogP contribution >= 0.6 is 31.9 Å². The summed E-state index contributed by atoms with van der Waals surface area (Å²) in [7, 11) is 1.66. The Hall–Kier alpha value is -1.40. The predicted octanol–water partition coefficient (Wildman–Crippen LogP) is 4.52. The third kappa shape index (κ3) is 2.58. The van der Waals surface area contributed by atoms with Crippen molar-refractivity contribution in [3.05, 3.63) is 68.4 Å². The average Bonchev–Trinajstić information content (AvgIpc) is 2.73. The van der Waals surface area contributed by atoms with Crippen LogP contribution in [-0.4, -0.2) is 4.57 Å². The van der Waals surface area contributed by atoms with Crippen molar-refractivity contribution in [3.8, 4) is 0 Å². The van der Waals surface area contributed by atoms with Crippen molar-refractivity contribution >= 4 is 43.0 Å².